The molecule has 2 aromatic carbocycles. The summed E-state index contributed by atoms with van der Waals surface area (Å²) < 4.78 is 28.1. The fourth-order valence-corrected chi connectivity index (χ4v) is 3.50. The fraction of sp³-hybridized carbons (Fsp3) is 0.263. The molecule has 1 unspecified atom stereocenters. The summed E-state index contributed by atoms with van der Waals surface area (Å²) in [5.41, 5.74) is 3.30. The number of rotatable bonds is 7. The molecule has 0 saturated carbocycles. The van der Waals surface area contributed by atoms with Crippen LogP contribution < -0.4 is 15.2 Å². The first kappa shape index (κ1) is 19.1. The highest BCUT2D eigenvalue weighted by atomic mass is 32.2. The van der Waals surface area contributed by atoms with Crippen LogP contribution in [0.15, 0.2) is 58.5 Å². The van der Waals surface area contributed by atoms with Crippen molar-refractivity contribution in [2.45, 2.75) is 25.3 Å². The number of anilines is 1. The van der Waals surface area contributed by atoms with Gasteiger partial charge in [0, 0.05) is 12.1 Å². The van der Waals surface area contributed by atoms with Gasteiger partial charge in [-0.25, -0.2) is 23.5 Å². The first-order valence-electron chi connectivity index (χ1n) is 8.60. The van der Waals surface area contributed by atoms with Crippen molar-refractivity contribution in [3.63, 3.8) is 0 Å². The van der Waals surface area contributed by atoms with Crippen molar-refractivity contribution in [1.82, 2.24) is 0 Å². The van der Waals surface area contributed by atoms with Gasteiger partial charge < -0.3 is 10.1 Å². The molecule has 0 spiro atoms. The van der Waals surface area contributed by atoms with E-state index in [0.717, 1.165) is 22.7 Å². The second kappa shape index (κ2) is 8.32. The van der Waals surface area contributed by atoms with Gasteiger partial charge in [-0.2, -0.15) is 0 Å². The molecule has 8 heteroatoms. The van der Waals surface area contributed by atoms with Crippen LogP contribution >= 0.6 is 0 Å². The second-order valence-electron chi connectivity index (χ2n) is 6.17. The Morgan fingerprint density at radius 1 is 1.22 bits per heavy atom. The molecule has 1 aliphatic heterocycles. The summed E-state index contributed by atoms with van der Waals surface area (Å²) in [5, 5.41) is 8.42. The summed E-state index contributed by atoms with van der Waals surface area (Å²) in [4.78, 5) is 8.76. The van der Waals surface area contributed by atoms with Crippen LogP contribution in [-0.2, 0) is 15.8 Å². The van der Waals surface area contributed by atoms with E-state index >= 15 is 0 Å². The Morgan fingerprint density at radius 3 is 2.81 bits per heavy atom. The lowest BCUT2D eigenvalue weighted by Gasteiger charge is -2.20. The van der Waals surface area contributed by atoms with Crippen molar-refractivity contribution < 1.29 is 13.2 Å². The van der Waals surface area contributed by atoms with Crippen molar-refractivity contribution in [2.75, 3.05) is 11.9 Å². The van der Waals surface area contributed by atoms with Gasteiger partial charge in [-0.1, -0.05) is 24.3 Å². The molecule has 0 amide bonds. The Balaban J connectivity index is 1.70. The molecule has 27 heavy (non-hydrogen) atoms. The molecule has 0 aromatic heterocycles. The predicted octanol–water partition coefficient (Wildman–Crippen LogP) is 2.53. The summed E-state index contributed by atoms with van der Waals surface area (Å²) in [6, 6.07) is 15.0. The van der Waals surface area contributed by atoms with Gasteiger partial charge in [-0.3, -0.25) is 0 Å². The van der Waals surface area contributed by atoms with Crippen LogP contribution in [0.3, 0.4) is 0 Å². The highest BCUT2D eigenvalue weighted by molar-refractivity contribution is 7.88. The Morgan fingerprint density at radius 2 is 2.04 bits per heavy atom. The highest BCUT2D eigenvalue weighted by Gasteiger charge is 2.16. The molecule has 7 nitrogen and oxygen atoms in total. The molecule has 0 radical (unpaired) electrons. The zero-order valence-electron chi connectivity index (χ0n) is 15.0. The number of hydrogen-bond donors (Lipinski definition) is 2. The maximum atomic E-state index is 11.3. The normalized spacial score (nSPS) is 16.7. The number of primary sulfonamides is 1. The van der Waals surface area contributed by atoms with Gasteiger partial charge in [0.25, 0.3) is 0 Å². The summed E-state index contributed by atoms with van der Waals surface area (Å²) in [7, 11) is -3.57. The number of hydrogen-bond acceptors (Lipinski definition) is 6. The van der Waals surface area contributed by atoms with E-state index in [-0.39, 0.29) is 11.9 Å². The third kappa shape index (κ3) is 5.63. The maximum Gasteiger partial charge on any atom is 0.213 e. The summed E-state index contributed by atoms with van der Waals surface area (Å²) >= 11 is 0. The van der Waals surface area contributed by atoms with Gasteiger partial charge in [-0.15, -0.1) is 0 Å². The largest absolute Gasteiger partial charge is 0.494 e. The van der Waals surface area contributed by atoms with E-state index in [1.165, 1.54) is 6.34 Å². The van der Waals surface area contributed by atoms with Gasteiger partial charge in [0.05, 0.1) is 18.1 Å². The molecule has 0 saturated heterocycles. The van der Waals surface area contributed by atoms with Crippen LogP contribution in [0.4, 0.5) is 5.69 Å². The fourth-order valence-electron chi connectivity index (χ4n) is 2.86. The summed E-state index contributed by atoms with van der Waals surface area (Å²) in [6.45, 7) is 2.55. The molecule has 142 valence electrons. The smallest absolute Gasteiger partial charge is 0.213 e. The Bertz CT molecular complexity index is 970. The van der Waals surface area contributed by atoms with Crippen LogP contribution in [-0.4, -0.2) is 33.2 Å². The van der Waals surface area contributed by atoms with E-state index in [2.05, 4.69) is 15.3 Å². The van der Waals surface area contributed by atoms with Crippen LogP contribution in [0.25, 0.3) is 0 Å². The third-order valence-corrected chi connectivity index (χ3v) is 4.69. The number of ether oxygens (including phenoxy) is 1. The SMILES string of the molecule is CCOc1cccc(C2=NC=NC(Nc3cccc(CS(N)(=O)=O)c3)C2)c1. The molecular formula is C19H22N4O3S. The molecule has 2 aromatic rings. The van der Waals surface area contributed by atoms with Crippen molar-refractivity contribution in [3.05, 3.63) is 59.7 Å². The monoisotopic (exact) mass is 386 g/mol. The number of aliphatic imine (C=N–C) groups is 2. The van der Waals surface area contributed by atoms with Gasteiger partial charge in [-0.05, 0) is 42.3 Å². The van der Waals surface area contributed by atoms with Crippen LogP contribution in [0, 0.1) is 0 Å². The number of benzene rings is 2. The molecular weight excluding hydrogens is 364 g/mol. The molecule has 0 aliphatic carbocycles. The van der Waals surface area contributed by atoms with Crippen LogP contribution in [0.1, 0.15) is 24.5 Å². The molecule has 0 bridgehead atoms. The van der Waals surface area contributed by atoms with Crippen LogP contribution in [0.5, 0.6) is 5.75 Å². The van der Waals surface area contributed by atoms with E-state index < -0.39 is 10.0 Å². The molecule has 3 N–H and O–H groups in total. The second-order valence-corrected chi connectivity index (χ2v) is 7.79. The van der Waals surface area contributed by atoms with Gasteiger partial charge in [0.1, 0.15) is 18.3 Å². The molecule has 1 aliphatic rings. The minimum Gasteiger partial charge on any atom is -0.494 e. The Kier molecular flexibility index (Phi) is 5.88. The van der Waals surface area contributed by atoms with E-state index in [0.29, 0.717) is 18.6 Å². The highest BCUT2D eigenvalue weighted by Crippen LogP contribution is 2.20. The lowest BCUT2D eigenvalue weighted by molar-refractivity contribution is 0.340. The van der Waals surface area contributed by atoms with Crippen molar-refractivity contribution in [3.8, 4) is 5.75 Å². The van der Waals surface area contributed by atoms with Crippen molar-refractivity contribution in [2.24, 2.45) is 15.1 Å². The molecule has 1 atom stereocenters. The maximum absolute atomic E-state index is 11.3. The van der Waals surface area contributed by atoms with E-state index in [1.54, 1.807) is 18.2 Å². The standard InChI is InChI=1S/C19H22N4O3S/c1-2-26-17-8-4-6-15(10-17)18-11-19(22-13-21-18)23-16-7-3-5-14(9-16)12-27(20,24)25/h3-10,13,19,23H,2,11-12H2,1H3,(H2,20,24,25). The van der Waals surface area contributed by atoms with Gasteiger partial charge in [0.15, 0.2) is 0 Å². The summed E-state index contributed by atoms with van der Waals surface area (Å²) in [6.07, 6.45) is 1.95. The number of nitrogens with zero attached hydrogens (tertiary/aromatic N) is 2. The predicted molar refractivity (Wildman–Crippen MR) is 108 cm³/mol. The zero-order chi connectivity index (χ0) is 19.3. The van der Waals surface area contributed by atoms with E-state index in [1.807, 2.05) is 37.3 Å². The minimum absolute atomic E-state index is 0.196. The van der Waals surface area contributed by atoms with Gasteiger partial charge >= 0.3 is 0 Å². The molecule has 0 fully saturated rings. The lowest BCUT2D eigenvalue weighted by atomic mass is 10.0. The summed E-state index contributed by atoms with van der Waals surface area (Å²) in [5.74, 6) is 0.605. The minimum atomic E-state index is -3.57. The Hall–Kier alpha value is -2.71. The average Bonchev–Trinajstić information content (AvgIpc) is 2.61. The molecule has 1 heterocycles. The number of sulfonamides is 1. The lowest BCUT2D eigenvalue weighted by Crippen LogP contribution is -2.24. The molecule has 3 rings (SSSR count). The quantitative estimate of drug-likeness (QED) is 0.762. The first-order valence-corrected chi connectivity index (χ1v) is 10.3. The number of nitrogens with one attached hydrogen (secondary N) is 1. The van der Waals surface area contributed by atoms with E-state index in [4.69, 9.17) is 9.88 Å². The average molecular weight is 386 g/mol. The van der Waals surface area contributed by atoms with Crippen molar-refractivity contribution >= 4 is 27.8 Å². The number of nitrogens with two attached hydrogens (primary N) is 1. The van der Waals surface area contributed by atoms with Gasteiger partial charge in [0.2, 0.25) is 10.0 Å². The third-order valence-electron chi connectivity index (χ3n) is 3.95. The van der Waals surface area contributed by atoms with E-state index in [9.17, 15) is 8.42 Å². The topological polar surface area (TPSA) is 106 Å². The Labute approximate surface area is 159 Å². The first-order chi connectivity index (χ1) is 12.9. The zero-order valence-corrected chi connectivity index (χ0v) is 15.8. The van der Waals surface area contributed by atoms with Crippen LogP contribution in [0.2, 0.25) is 0 Å². The van der Waals surface area contributed by atoms with Crippen molar-refractivity contribution in [1.29, 1.82) is 0 Å².